The van der Waals surface area contributed by atoms with E-state index < -0.39 is 0 Å². The molecule has 0 spiro atoms. The quantitative estimate of drug-likeness (QED) is 0.477. The summed E-state index contributed by atoms with van der Waals surface area (Å²) in [5, 5.41) is 0. The van der Waals surface area contributed by atoms with Crippen LogP contribution in [-0.2, 0) is 11.2 Å². The van der Waals surface area contributed by atoms with Gasteiger partial charge in [-0.3, -0.25) is 0 Å². The molecule has 0 amide bonds. The Morgan fingerprint density at radius 3 is 2.82 bits per heavy atom. The molecular weight excluding hydrogens is 140 g/mol. The molecule has 0 bridgehead atoms. The summed E-state index contributed by atoms with van der Waals surface area (Å²) in [4.78, 5) is 8.05. The van der Waals surface area contributed by atoms with E-state index in [1.165, 1.54) is 6.26 Å². The maximum atomic E-state index is 4.92. The monoisotopic (exact) mass is 150 g/mol. The van der Waals surface area contributed by atoms with E-state index in [1.54, 1.807) is 18.5 Å². The van der Waals surface area contributed by atoms with Crippen LogP contribution < -0.4 is 0 Å². The summed E-state index contributed by atoms with van der Waals surface area (Å²) in [5.41, 5.74) is 0. The fourth-order valence-corrected chi connectivity index (χ4v) is 0.693. The van der Waals surface area contributed by atoms with Crippen molar-refractivity contribution >= 4 is 0 Å². The Kier molecular flexibility index (Phi) is 3.12. The summed E-state index contributed by atoms with van der Waals surface area (Å²) >= 11 is 0. The van der Waals surface area contributed by atoms with E-state index in [4.69, 9.17) is 4.74 Å². The lowest BCUT2D eigenvalue weighted by molar-refractivity contribution is 0.252. The zero-order valence-corrected chi connectivity index (χ0v) is 6.23. The predicted molar refractivity (Wildman–Crippen MR) is 41.9 cm³/mol. The number of hydrogen-bond donors (Lipinski definition) is 0. The van der Waals surface area contributed by atoms with E-state index in [9.17, 15) is 0 Å². The lowest BCUT2D eigenvalue weighted by atomic mass is 10.4. The first-order chi connectivity index (χ1) is 5.43. The Hall–Kier alpha value is -1.38. The molecule has 0 aliphatic heterocycles. The first-order valence-corrected chi connectivity index (χ1v) is 3.42. The number of aromatic nitrogens is 2. The Labute approximate surface area is 65.8 Å². The SMILES string of the molecule is C=COCCc1ncccn1. The van der Waals surface area contributed by atoms with E-state index in [2.05, 4.69) is 16.5 Å². The van der Waals surface area contributed by atoms with Gasteiger partial charge in [-0.05, 0) is 6.07 Å². The zero-order chi connectivity index (χ0) is 7.94. The van der Waals surface area contributed by atoms with E-state index in [-0.39, 0.29) is 0 Å². The van der Waals surface area contributed by atoms with Gasteiger partial charge in [0.2, 0.25) is 0 Å². The summed E-state index contributed by atoms with van der Waals surface area (Å²) in [6.45, 7) is 4.02. The fourth-order valence-electron chi connectivity index (χ4n) is 0.693. The van der Waals surface area contributed by atoms with Crippen LogP contribution in [0.5, 0.6) is 0 Å². The maximum Gasteiger partial charge on any atom is 0.131 e. The summed E-state index contributed by atoms with van der Waals surface area (Å²) in [6, 6.07) is 1.79. The minimum absolute atomic E-state index is 0.591. The van der Waals surface area contributed by atoms with Gasteiger partial charge in [-0.1, -0.05) is 6.58 Å². The molecule has 11 heavy (non-hydrogen) atoms. The number of nitrogens with zero attached hydrogens (tertiary/aromatic N) is 2. The van der Waals surface area contributed by atoms with Gasteiger partial charge in [-0.15, -0.1) is 0 Å². The fraction of sp³-hybridized carbons (Fsp3) is 0.250. The van der Waals surface area contributed by atoms with E-state index in [1.807, 2.05) is 0 Å². The second-order valence-electron chi connectivity index (χ2n) is 1.95. The van der Waals surface area contributed by atoms with Crippen LogP contribution in [0.1, 0.15) is 5.82 Å². The molecule has 0 aliphatic carbocycles. The normalized spacial score (nSPS) is 9.09. The van der Waals surface area contributed by atoms with Crippen molar-refractivity contribution in [2.45, 2.75) is 6.42 Å². The Morgan fingerprint density at radius 1 is 1.45 bits per heavy atom. The van der Waals surface area contributed by atoms with Gasteiger partial charge in [-0.25, -0.2) is 9.97 Å². The average Bonchev–Trinajstić information content (AvgIpc) is 2.07. The van der Waals surface area contributed by atoms with Gasteiger partial charge in [0.15, 0.2) is 0 Å². The molecule has 1 aromatic heterocycles. The van der Waals surface area contributed by atoms with Crippen LogP contribution in [-0.4, -0.2) is 16.6 Å². The summed E-state index contributed by atoms with van der Waals surface area (Å²) in [5.74, 6) is 0.800. The highest BCUT2D eigenvalue weighted by atomic mass is 16.5. The molecule has 3 nitrogen and oxygen atoms in total. The highest BCUT2D eigenvalue weighted by Crippen LogP contribution is 1.89. The first-order valence-electron chi connectivity index (χ1n) is 3.42. The van der Waals surface area contributed by atoms with Gasteiger partial charge in [0.1, 0.15) is 5.82 Å². The van der Waals surface area contributed by atoms with Crippen LogP contribution in [0.2, 0.25) is 0 Å². The molecule has 58 valence electrons. The molecule has 0 fully saturated rings. The number of rotatable bonds is 4. The molecule has 3 heteroatoms. The van der Waals surface area contributed by atoms with E-state index >= 15 is 0 Å². The van der Waals surface area contributed by atoms with Crippen molar-refractivity contribution in [3.63, 3.8) is 0 Å². The van der Waals surface area contributed by atoms with Crippen molar-refractivity contribution in [1.29, 1.82) is 0 Å². The summed E-state index contributed by atoms with van der Waals surface area (Å²) in [6.07, 6.45) is 5.59. The van der Waals surface area contributed by atoms with Gasteiger partial charge in [-0.2, -0.15) is 0 Å². The Balaban J connectivity index is 2.33. The second-order valence-corrected chi connectivity index (χ2v) is 1.95. The van der Waals surface area contributed by atoms with Gasteiger partial charge < -0.3 is 4.74 Å². The standard InChI is InChI=1S/C8H10N2O/c1-2-11-7-4-8-9-5-3-6-10-8/h2-3,5-6H,1,4,7H2. The minimum atomic E-state index is 0.591. The summed E-state index contributed by atoms with van der Waals surface area (Å²) in [7, 11) is 0. The molecular formula is C8H10N2O. The van der Waals surface area contributed by atoms with Crippen LogP contribution in [0.25, 0.3) is 0 Å². The van der Waals surface area contributed by atoms with Crippen LogP contribution in [0.3, 0.4) is 0 Å². The van der Waals surface area contributed by atoms with Crippen molar-refractivity contribution in [2.75, 3.05) is 6.61 Å². The van der Waals surface area contributed by atoms with Crippen molar-refractivity contribution in [3.05, 3.63) is 37.1 Å². The van der Waals surface area contributed by atoms with Crippen LogP contribution in [0, 0.1) is 0 Å². The highest BCUT2D eigenvalue weighted by Gasteiger charge is 1.91. The maximum absolute atomic E-state index is 4.92. The third-order valence-corrected chi connectivity index (χ3v) is 1.18. The Morgan fingerprint density at radius 2 is 2.18 bits per heavy atom. The second kappa shape index (κ2) is 4.44. The molecule has 0 radical (unpaired) electrons. The van der Waals surface area contributed by atoms with E-state index in [0.717, 1.165) is 12.2 Å². The molecule has 1 rings (SSSR count). The topological polar surface area (TPSA) is 35.0 Å². The Bertz CT molecular complexity index is 211. The van der Waals surface area contributed by atoms with Gasteiger partial charge in [0, 0.05) is 18.8 Å². The molecule has 0 unspecified atom stereocenters. The van der Waals surface area contributed by atoms with Crippen LogP contribution in [0.15, 0.2) is 31.3 Å². The van der Waals surface area contributed by atoms with Crippen molar-refractivity contribution < 1.29 is 4.74 Å². The molecule has 1 aromatic rings. The van der Waals surface area contributed by atoms with Crippen LogP contribution in [0.4, 0.5) is 0 Å². The molecule has 0 saturated heterocycles. The smallest absolute Gasteiger partial charge is 0.131 e. The molecule has 1 heterocycles. The molecule has 0 saturated carbocycles. The third-order valence-electron chi connectivity index (χ3n) is 1.18. The van der Waals surface area contributed by atoms with E-state index in [0.29, 0.717) is 6.61 Å². The minimum Gasteiger partial charge on any atom is -0.501 e. The first kappa shape index (κ1) is 7.72. The van der Waals surface area contributed by atoms with Crippen molar-refractivity contribution in [2.24, 2.45) is 0 Å². The lowest BCUT2D eigenvalue weighted by Gasteiger charge is -1.97. The van der Waals surface area contributed by atoms with Gasteiger partial charge in [0.05, 0.1) is 12.9 Å². The van der Waals surface area contributed by atoms with Gasteiger partial charge >= 0.3 is 0 Å². The average molecular weight is 150 g/mol. The molecule has 0 N–H and O–H groups in total. The molecule has 0 aliphatic rings. The van der Waals surface area contributed by atoms with Crippen LogP contribution >= 0.6 is 0 Å². The highest BCUT2D eigenvalue weighted by molar-refractivity contribution is 4.88. The lowest BCUT2D eigenvalue weighted by Crippen LogP contribution is -1.98. The predicted octanol–water partition coefficient (Wildman–Crippen LogP) is 1.18. The molecule has 0 aromatic carbocycles. The van der Waals surface area contributed by atoms with Gasteiger partial charge in [0.25, 0.3) is 0 Å². The van der Waals surface area contributed by atoms with Crippen molar-refractivity contribution in [1.82, 2.24) is 9.97 Å². The largest absolute Gasteiger partial charge is 0.501 e. The number of hydrogen-bond acceptors (Lipinski definition) is 3. The molecule has 0 atom stereocenters. The number of ether oxygens (including phenoxy) is 1. The third kappa shape index (κ3) is 2.80. The summed E-state index contributed by atoms with van der Waals surface area (Å²) < 4.78 is 4.92. The zero-order valence-electron chi connectivity index (χ0n) is 6.23. The van der Waals surface area contributed by atoms with Crippen molar-refractivity contribution in [3.8, 4) is 0 Å².